The second-order valence-electron chi connectivity index (χ2n) is 4.23. The molecular weight excluding hydrogens is 294 g/mol. The molecule has 0 bridgehead atoms. The van der Waals surface area contributed by atoms with E-state index >= 15 is 0 Å². The highest BCUT2D eigenvalue weighted by molar-refractivity contribution is 7.92. The Bertz CT molecular complexity index is 732. The van der Waals surface area contributed by atoms with E-state index in [9.17, 15) is 13.2 Å². The van der Waals surface area contributed by atoms with Crippen LogP contribution in [0.1, 0.15) is 16.1 Å². The number of nitrogens with zero attached hydrogens (tertiary/aromatic N) is 2. The SMILES string of the molecule is O=C(O)c1ccnc(NS(=O)(=O)CCc2ccccn2)c1. The molecule has 0 unspecified atom stereocenters. The number of pyridine rings is 2. The first-order valence-electron chi connectivity index (χ1n) is 6.06. The number of aromatic carboxylic acids is 1. The van der Waals surface area contributed by atoms with Gasteiger partial charge in [-0.25, -0.2) is 18.2 Å². The lowest BCUT2D eigenvalue weighted by atomic mass is 10.3. The van der Waals surface area contributed by atoms with Gasteiger partial charge in [-0.05, 0) is 24.3 Å². The lowest BCUT2D eigenvalue weighted by molar-refractivity contribution is 0.0697. The van der Waals surface area contributed by atoms with Crippen LogP contribution in [0.4, 0.5) is 5.82 Å². The predicted molar refractivity (Wildman–Crippen MR) is 76.5 cm³/mol. The highest BCUT2D eigenvalue weighted by atomic mass is 32.2. The molecule has 0 fully saturated rings. The number of hydrogen-bond donors (Lipinski definition) is 2. The Hall–Kier alpha value is -2.48. The van der Waals surface area contributed by atoms with Gasteiger partial charge in [-0.2, -0.15) is 0 Å². The second-order valence-corrected chi connectivity index (χ2v) is 6.07. The van der Waals surface area contributed by atoms with Crippen LogP contribution in [0.15, 0.2) is 42.7 Å². The summed E-state index contributed by atoms with van der Waals surface area (Å²) in [5.41, 5.74) is 0.627. The lowest BCUT2D eigenvalue weighted by Gasteiger charge is -2.07. The van der Waals surface area contributed by atoms with Gasteiger partial charge in [0.15, 0.2) is 0 Å². The van der Waals surface area contributed by atoms with Crippen molar-refractivity contribution in [2.75, 3.05) is 10.5 Å². The molecule has 2 N–H and O–H groups in total. The molecule has 110 valence electrons. The largest absolute Gasteiger partial charge is 0.478 e. The minimum atomic E-state index is -3.62. The van der Waals surface area contributed by atoms with Gasteiger partial charge in [-0.3, -0.25) is 9.71 Å². The highest BCUT2D eigenvalue weighted by Gasteiger charge is 2.13. The summed E-state index contributed by atoms with van der Waals surface area (Å²) < 4.78 is 26.1. The molecule has 2 aromatic rings. The number of hydrogen-bond acceptors (Lipinski definition) is 5. The summed E-state index contributed by atoms with van der Waals surface area (Å²) >= 11 is 0. The minimum absolute atomic E-state index is 0.0177. The molecule has 21 heavy (non-hydrogen) atoms. The maximum atomic E-state index is 11.9. The number of aryl methyl sites for hydroxylation is 1. The quantitative estimate of drug-likeness (QED) is 0.828. The third-order valence-corrected chi connectivity index (χ3v) is 3.88. The molecule has 2 rings (SSSR count). The zero-order valence-corrected chi connectivity index (χ0v) is 11.7. The zero-order valence-electron chi connectivity index (χ0n) is 10.9. The van der Waals surface area contributed by atoms with Gasteiger partial charge in [0, 0.05) is 24.5 Å². The molecule has 0 aliphatic rings. The summed E-state index contributed by atoms with van der Waals surface area (Å²) in [7, 11) is -3.62. The first kappa shape index (κ1) is 14.9. The molecule has 0 amide bonds. The number of sulfonamides is 1. The maximum absolute atomic E-state index is 11.9. The molecule has 0 saturated carbocycles. The van der Waals surface area contributed by atoms with Crippen molar-refractivity contribution in [2.45, 2.75) is 6.42 Å². The fourth-order valence-corrected chi connectivity index (χ4v) is 2.62. The number of carbonyl (C=O) groups is 1. The monoisotopic (exact) mass is 307 g/mol. The summed E-state index contributed by atoms with van der Waals surface area (Å²) in [6.07, 6.45) is 3.09. The van der Waals surface area contributed by atoms with Crippen LogP contribution < -0.4 is 4.72 Å². The number of nitrogens with one attached hydrogen (secondary N) is 1. The average Bonchev–Trinajstić information content (AvgIpc) is 2.46. The number of carboxylic acid groups (broad SMARTS) is 1. The molecule has 0 radical (unpaired) electrons. The summed E-state index contributed by atoms with van der Waals surface area (Å²) in [5, 5.41) is 8.85. The molecular formula is C13H13N3O4S. The highest BCUT2D eigenvalue weighted by Crippen LogP contribution is 2.09. The molecule has 0 aliphatic carbocycles. The van der Waals surface area contributed by atoms with Crippen LogP contribution in [0, 0.1) is 0 Å². The van der Waals surface area contributed by atoms with Gasteiger partial charge in [0.1, 0.15) is 5.82 Å². The van der Waals surface area contributed by atoms with Crippen molar-refractivity contribution in [3.63, 3.8) is 0 Å². The average molecular weight is 307 g/mol. The topological polar surface area (TPSA) is 109 Å². The number of aromatic nitrogens is 2. The van der Waals surface area contributed by atoms with Gasteiger partial charge < -0.3 is 5.11 Å². The number of carboxylic acids is 1. The van der Waals surface area contributed by atoms with E-state index in [-0.39, 0.29) is 23.6 Å². The maximum Gasteiger partial charge on any atom is 0.335 e. The zero-order chi connectivity index (χ0) is 15.3. The van der Waals surface area contributed by atoms with Crippen molar-refractivity contribution in [1.29, 1.82) is 0 Å². The molecule has 8 heteroatoms. The molecule has 2 heterocycles. The summed E-state index contributed by atoms with van der Waals surface area (Å²) in [4.78, 5) is 18.6. The van der Waals surface area contributed by atoms with Gasteiger partial charge in [0.2, 0.25) is 10.0 Å². The van der Waals surface area contributed by atoms with Gasteiger partial charge >= 0.3 is 5.97 Å². The van der Waals surface area contributed by atoms with E-state index < -0.39 is 16.0 Å². The Labute approximate surface area is 121 Å². The van der Waals surface area contributed by atoms with E-state index in [2.05, 4.69) is 14.7 Å². The van der Waals surface area contributed by atoms with E-state index in [4.69, 9.17) is 5.11 Å². The van der Waals surface area contributed by atoms with Crippen molar-refractivity contribution < 1.29 is 18.3 Å². The summed E-state index contributed by atoms with van der Waals surface area (Å²) in [6.45, 7) is 0. The molecule has 0 atom stereocenters. The van der Waals surface area contributed by atoms with E-state index in [0.717, 1.165) is 0 Å². The van der Waals surface area contributed by atoms with Gasteiger partial charge in [-0.1, -0.05) is 6.07 Å². The van der Waals surface area contributed by atoms with Crippen LogP contribution in [0.3, 0.4) is 0 Å². The third-order valence-electron chi connectivity index (χ3n) is 2.62. The summed E-state index contributed by atoms with van der Waals surface area (Å²) in [6, 6.07) is 7.71. The van der Waals surface area contributed by atoms with Crippen LogP contribution in [-0.4, -0.2) is 35.2 Å². The van der Waals surface area contributed by atoms with Gasteiger partial charge in [-0.15, -0.1) is 0 Å². The first-order chi connectivity index (χ1) is 9.96. The second kappa shape index (κ2) is 6.31. The Morgan fingerprint density at radius 3 is 2.67 bits per heavy atom. The Balaban J connectivity index is 2.04. The van der Waals surface area contributed by atoms with Gasteiger partial charge in [0.25, 0.3) is 0 Å². The fraction of sp³-hybridized carbons (Fsp3) is 0.154. The summed E-state index contributed by atoms with van der Waals surface area (Å²) in [5.74, 6) is -1.33. The van der Waals surface area contributed by atoms with Gasteiger partial charge in [0.05, 0.1) is 11.3 Å². The predicted octanol–water partition coefficient (Wildman–Crippen LogP) is 1.16. The van der Waals surface area contributed by atoms with Crippen molar-refractivity contribution in [3.05, 3.63) is 54.0 Å². The molecule has 2 aromatic heterocycles. The van der Waals surface area contributed by atoms with E-state index in [0.29, 0.717) is 5.69 Å². The lowest BCUT2D eigenvalue weighted by Crippen LogP contribution is -2.19. The van der Waals surface area contributed by atoms with Crippen molar-refractivity contribution in [3.8, 4) is 0 Å². The van der Waals surface area contributed by atoms with Crippen LogP contribution in [0.2, 0.25) is 0 Å². The van der Waals surface area contributed by atoms with Crippen LogP contribution in [0.25, 0.3) is 0 Å². The van der Waals surface area contributed by atoms with E-state index in [1.165, 1.54) is 18.3 Å². The van der Waals surface area contributed by atoms with Crippen molar-refractivity contribution >= 4 is 21.8 Å². The fourth-order valence-electron chi connectivity index (χ4n) is 1.61. The third kappa shape index (κ3) is 4.53. The van der Waals surface area contributed by atoms with Crippen molar-refractivity contribution in [2.24, 2.45) is 0 Å². The normalized spacial score (nSPS) is 11.0. The Kier molecular flexibility index (Phi) is 4.49. The number of rotatable bonds is 6. The molecule has 0 spiro atoms. The molecule has 0 aromatic carbocycles. The van der Waals surface area contributed by atoms with Crippen LogP contribution >= 0.6 is 0 Å². The molecule has 0 aliphatic heterocycles. The van der Waals surface area contributed by atoms with Crippen LogP contribution in [0.5, 0.6) is 0 Å². The smallest absolute Gasteiger partial charge is 0.335 e. The Morgan fingerprint density at radius 2 is 2.00 bits per heavy atom. The first-order valence-corrected chi connectivity index (χ1v) is 7.71. The molecule has 7 nitrogen and oxygen atoms in total. The van der Waals surface area contributed by atoms with E-state index in [1.807, 2.05) is 0 Å². The Morgan fingerprint density at radius 1 is 1.19 bits per heavy atom. The minimum Gasteiger partial charge on any atom is -0.478 e. The molecule has 0 saturated heterocycles. The number of anilines is 1. The van der Waals surface area contributed by atoms with Crippen molar-refractivity contribution in [1.82, 2.24) is 9.97 Å². The van der Waals surface area contributed by atoms with E-state index in [1.54, 1.807) is 24.4 Å². The standard InChI is InChI=1S/C13H13N3O4S/c17-13(18)10-4-7-15-12(9-10)16-21(19,20)8-5-11-3-1-2-6-14-11/h1-4,6-7,9H,5,8H2,(H,15,16)(H,17,18). The van der Waals surface area contributed by atoms with Crippen LogP contribution in [-0.2, 0) is 16.4 Å².